The van der Waals surface area contributed by atoms with Gasteiger partial charge in [0.2, 0.25) is 0 Å². The fourth-order valence-electron chi connectivity index (χ4n) is 2.82. The van der Waals surface area contributed by atoms with Crippen molar-refractivity contribution in [2.75, 3.05) is 44.8 Å². The van der Waals surface area contributed by atoms with Gasteiger partial charge in [-0.2, -0.15) is 0 Å². The number of anilines is 1. The van der Waals surface area contributed by atoms with Crippen LogP contribution in [0.4, 0.5) is 5.69 Å². The van der Waals surface area contributed by atoms with Crippen molar-refractivity contribution in [3.05, 3.63) is 53.6 Å². The van der Waals surface area contributed by atoms with E-state index in [0.29, 0.717) is 29.6 Å². The van der Waals surface area contributed by atoms with Gasteiger partial charge in [-0.05, 0) is 30.3 Å². The van der Waals surface area contributed by atoms with Crippen molar-refractivity contribution < 1.29 is 14.3 Å². The van der Waals surface area contributed by atoms with E-state index in [-0.39, 0.29) is 12.5 Å². The molecule has 0 N–H and O–H groups in total. The van der Waals surface area contributed by atoms with E-state index < -0.39 is 0 Å². The summed E-state index contributed by atoms with van der Waals surface area (Å²) in [6, 6.07) is 15.1. The second-order valence-electron chi connectivity index (χ2n) is 5.79. The van der Waals surface area contributed by atoms with Crippen LogP contribution in [0.25, 0.3) is 0 Å². The van der Waals surface area contributed by atoms with Crippen LogP contribution in [0.15, 0.2) is 48.5 Å². The first-order valence-corrected chi connectivity index (χ1v) is 8.59. The lowest BCUT2D eigenvalue weighted by Gasteiger charge is -2.36. The number of carbonyl (C=O) groups is 1. The molecular weight excluding hydrogens is 340 g/mol. The van der Waals surface area contributed by atoms with Crippen molar-refractivity contribution in [2.45, 2.75) is 0 Å². The molecule has 132 valence electrons. The van der Waals surface area contributed by atoms with E-state index in [9.17, 15) is 4.79 Å². The Balaban J connectivity index is 1.51. The van der Waals surface area contributed by atoms with Gasteiger partial charge in [-0.1, -0.05) is 29.8 Å². The second-order valence-corrected chi connectivity index (χ2v) is 6.20. The molecule has 1 heterocycles. The topological polar surface area (TPSA) is 42.0 Å². The van der Waals surface area contributed by atoms with Crippen LogP contribution in [-0.4, -0.2) is 50.7 Å². The van der Waals surface area contributed by atoms with Crippen LogP contribution in [0.1, 0.15) is 0 Å². The number of benzene rings is 2. The van der Waals surface area contributed by atoms with Gasteiger partial charge in [0.15, 0.2) is 6.61 Å². The predicted octanol–water partition coefficient (Wildman–Crippen LogP) is 3.08. The van der Waals surface area contributed by atoms with E-state index in [1.54, 1.807) is 7.11 Å². The summed E-state index contributed by atoms with van der Waals surface area (Å²) in [5.74, 6) is 1.39. The van der Waals surface area contributed by atoms with Gasteiger partial charge in [-0.25, -0.2) is 0 Å². The number of rotatable bonds is 5. The summed E-state index contributed by atoms with van der Waals surface area (Å²) < 4.78 is 10.7. The average Bonchev–Trinajstić information content (AvgIpc) is 2.67. The Kier molecular flexibility index (Phi) is 5.66. The molecule has 1 amide bonds. The molecule has 1 fully saturated rings. The zero-order valence-corrected chi connectivity index (χ0v) is 14.9. The minimum absolute atomic E-state index is 0.0104. The summed E-state index contributed by atoms with van der Waals surface area (Å²) in [5, 5.41) is 0.592. The van der Waals surface area contributed by atoms with E-state index in [0.717, 1.165) is 18.8 Å². The highest BCUT2D eigenvalue weighted by atomic mass is 35.5. The number of halogens is 1. The molecule has 1 saturated heterocycles. The summed E-state index contributed by atoms with van der Waals surface area (Å²) in [6.07, 6.45) is 0. The number of hydrogen-bond acceptors (Lipinski definition) is 4. The Bertz CT molecular complexity index is 716. The van der Waals surface area contributed by atoms with Crippen LogP contribution in [-0.2, 0) is 4.79 Å². The summed E-state index contributed by atoms with van der Waals surface area (Å²) >= 11 is 6.19. The van der Waals surface area contributed by atoms with Crippen molar-refractivity contribution in [3.8, 4) is 11.5 Å². The van der Waals surface area contributed by atoms with E-state index in [4.69, 9.17) is 21.1 Å². The molecule has 2 aromatic rings. The molecule has 3 rings (SSSR count). The minimum Gasteiger partial charge on any atom is -0.495 e. The third-order valence-corrected chi connectivity index (χ3v) is 4.53. The number of para-hydroxylation sites is 1. The summed E-state index contributed by atoms with van der Waals surface area (Å²) in [5.41, 5.74) is 1.04. The Labute approximate surface area is 152 Å². The van der Waals surface area contributed by atoms with Crippen molar-refractivity contribution in [3.63, 3.8) is 0 Å². The molecule has 0 unspecified atom stereocenters. The number of amides is 1. The van der Waals surface area contributed by atoms with E-state index in [1.165, 1.54) is 0 Å². The molecule has 5 nitrogen and oxygen atoms in total. The lowest BCUT2D eigenvalue weighted by Crippen LogP contribution is -2.50. The average molecular weight is 361 g/mol. The zero-order chi connectivity index (χ0) is 17.6. The molecule has 0 aromatic heterocycles. The highest BCUT2D eigenvalue weighted by Gasteiger charge is 2.22. The number of piperazine rings is 1. The number of hydrogen-bond donors (Lipinski definition) is 0. The first-order valence-electron chi connectivity index (χ1n) is 8.21. The maximum atomic E-state index is 12.3. The molecule has 0 saturated carbocycles. The first-order chi connectivity index (χ1) is 12.2. The van der Waals surface area contributed by atoms with Crippen LogP contribution >= 0.6 is 11.6 Å². The lowest BCUT2D eigenvalue weighted by atomic mass is 10.2. The second kappa shape index (κ2) is 8.12. The summed E-state index contributed by atoms with van der Waals surface area (Å²) in [4.78, 5) is 16.4. The minimum atomic E-state index is 0.0104. The van der Waals surface area contributed by atoms with Crippen molar-refractivity contribution in [1.29, 1.82) is 0 Å². The van der Waals surface area contributed by atoms with Gasteiger partial charge in [0.25, 0.3) is 5.91 Å². The molecule has 6 heteroatoms. The van der Waals surface area contributed by atoms with E-state index >= 15 is 0 Å². The highest BCUT2D eigenvalue weighted by Crippen LogP contribution is 2.29. The van der Waals surface area contributed by atoms with Crippen LogP contribution in [0.2, 0.25) is 5.02 Å². The molecule has 1 aliphatic heterocycles. The van der Waals surface area contributed by atoms with Crippen LogP contribution in [0.5, 0.6) is 11.5 Å². The standard InChI is InChI=1S/C19H21ClN2O3/c1-24-18-8-7-15(13-17(18)20)21-9-11-22(12-10-21)19(23)14-25-16-5-3-2-4-6-16/h2-8,13H,9-12,14H2,1H3. The Hall–Kier alpha value is -2.40. The van der Waals surface area contributed by atoms with Crippen molar-refractivity contribution >= 4 is 23.2 Å². The van der Waals surface area contributed by atoms with Crippen molar-refractivity contribution in [2.24, 2.45) is 0 Å². The fraction of sp³-hybridized carbons (Fsp3) is 0.316. The molecule has 25 heavy (non-hydrogen) atoms. The van der Waals surface area contributed by atoms with E-state index in [1.807, 2.05) is 53.4 Å². The molecular formula is C19H21ClN2O3. The number of methoxy groups -OCH3 is 1. The zero-order valence-electron chi connectivity index (χ0n) is 14.2. The smallest absolute Gasteiger partial charge is 0.260 e. The van der Waals surface area contributed by atoms with Gasteiger partial charge in [-0.3, -0.25) is 4.79 Å². The first kappa shape index (κ1) is 17.4. The monoisotopic (exact) mass is 360 g/mol. The maximum absolute atomic E-state index is 12.3. The predicted molar refractivity (Wildman–Crippen MR) is 98.7 cm³/mol. The Morgan fingerprint density at radius 2 is 1.80 bits per heavy atom. The molecule has 0 spiro atoms. The summed E-state index contributed by atoms with van der Waals surface area (Å²) in [6.45, 7) is 2.93. The van der Waals surface area contributed by atoms with Crippen LogP contribution in [0, 0.1) is 0 Å². The molecule has 2 aromatic carbocycles. The summed E-state index contributed by atoms with van der Waals surface area (Å²) in [7, 11) is 1.60. The third-order valence-electron chi connectivity index (χ3n) is 4.24. The molecule has 0 bridgehead atoms. The largest absolute Gasteiger partial charge is 0.495 e. The lowest BCUT2D eigenvalue weighted by molar-refractivity contribution is -0.133. The van der Waals surface area contributed by atoms with E-state index in [2.05, 4.69) is 4.90 Å². The third kappa shape index (κ3) is 4.37. The number of carbonyl (C=O) groups excluding carboxylic acids is 1. The Morgan fingerprint density at radius 3 is 2.44 bits per heavy atom. The molecule has 0 radical (unpaired) electrons. The van der Waals surface area contributed by atoms with Crippen molar-refractivity contribution in [1.82, 2.24) is 4.90 Å². The van der Waals surface area contributed by atoms with Gasteiger partial charge >= 0.3 is 0 Å². The molecule has 0 aliphatic carbocycles. The van der Waals surface area contributed by atoms with Crippen LogP contribution in [0.3, 0.4) is 0 Å². The maximum Gasteiger partial charge on any atom is 0.260 e. The van der Waals surface area contributed by atoms with Gasteiger partial charge < -0.3 is 19.3 Å². The van der Waals surface area contributed by atoms with Gasteiger partial charge in [0.05, 0.1) is 12.1 Å². The number of nitrogens with zero attached hydrogens (tertiary/aromatic N) is 2. The molecule has 0 atom stereocenters. The highest BCUT2D eigenvalue weighted by molar-refractivity contribution is 6.32. The van der Waals surface area contributed by atoms with Gasteiger partial charge in [0.1, 0.15) is 11.5 Å². The number of ether oxygens (including phenoxy) is 2. The van der Waals surface area contributed by atoms with Gasteiger partial charge in [-0.15, -0.1) is 0 Å². The Morgan fingerprint density at radius 1 is 1.08 bits per heavy atom. The fourth-order valence-corrected chi connectivity index (χ4v) is 3.07. The SMILES string of the molecule is COc1ccc(N2CCN(C(=O)COc3ccccc3)CC2)cc1Cl. The van der Waals surface area contributed by atoms with Gasteiger partial charge in [0, 0.05) is 31.9 Å². The molecule has 1 aliphatic rings. The van der Waals surface area contributed by atoms with Crippen LogP contribution < -0.4 is 14.4 Å². The quantitative estimate of drug-likeness (QED) is 0.821. The normalized spacial score (nSPS) is 14.3.